The Morgan fingerprint density at radius 1 is 1.29 bits per heavy atom. The molecule has 1 aromatic rings. The second-order valence-electron chi connectivity index (χ2n) is 6.61. The van der Waals surface area contributed by atoms with E-state index in [1.54, 1.807) is 7.11 Å². The molecular weight excluding hydrogens is 316 g/mol. The molecule has 0 unspecified atom stereocenters. The number of ether oxygens (including phenoxy) is 2. The molecule has 1 aromatic carbocycles. The topological polar surface area (TPSA) is 47.6 Å². The minimum atomic E-state index is -0.608. The second-order valence-corrected chi connectivity index (χ2v) is 6.61. The van der Waals surface area contributed by atoms with Gasteiger partial charge in [0.1, 0.15) is 11.6 Å². The van der Waals surface area contributed by atoms with Crippen molar-refractivity contribution < 1.29 is 23.0 Å². The summed E-state index contributed by atoms with van der Waals surface area (Å²) in [5, 5.41) is 3.07. The van der Waals surface area contributed by atoms with Crippen molar-refractivity contribution >= 4 is 5.91 Å². The van der Waals surface area contributed by atoms with E-state index in [0.29, 0.717) is 25.0 Å². The first-order valence-corrected chi connectivity index (χ1v) is 8.46. The van der Waals surface area contributed by atoms with E-state index in [1.807, 2.05) is 0 Å². The normalized spacial score (nSPS) is 29.3. The molecule has 1 amide bonds. The first-order valence-electron chi connectivity index (χ1n) is 8.46. The third-order valence-electron chi connectivity index (χ3n) is 4.96. The Morgan fingerprint density at radius 2 is 2.04 bits per heavy atom. The fraction of sp³-hybridized carbons (Fsp3) is 0.611. The van der Waals surface area contributed by atoms with E-state index in [2.05, 4.69) is 5.32 Å². The van der Waals surface area contributed by atoms with Gasteiger partial charge >= 0.3 is 0 Å². The summed E-state index contributed by atoms with van der Waals surface area (Å²) in [6.07, 6.45) is 3.44. The molecule has 4 atom stereocenters. The number of benzene rings is 1. The van der Waals surface area contributed by atoms with Crippen LogP contribution >= 0.6 is 0 Å². The van der Waals surface area contributed by atoms with Crippen LogP contribution in [-0.4, -0.2) is 31.8 Å². The van der Waals surface area contributed by atoms with Gasteiger partial charge in [-0.25, -0.2) is 8.78 Å². The highest BCUT2D eigenvalue weighted by Gasteiger charge is 2.42. The molecular formula is C18H23F2NO3. The monoisotopic (exact) mass is 339 g/mol. The molecule has 1 aliphatic carbocycles. The summed E-state index contributed by atoms with van der Waals surface area (Å²) in [5.41, 5.74) is 0.494. The van der Waals surface area contributed by atoms with Crippen LogP contribution in [0.5, 0.6) is 0 Å². The Bertz CT molecular complexity index is 575. The van der Waals surface area contributed by atoms with Crippen molar-refractivity contribution in [3.05, 3.63) is 35.4 Å². The molecule has 24 heavy (non-hydrogen) atoms. The molecule has 3 rings (SSSR count). The molecule has 1 aliphatic heterocycles. The second kappa shape index (κ2) is 7.57. The summed E-state index contributed by atoms with van der Waals surface area (Å²) < 4.78 is 38.1. The Labute approximate surface area is 140 Å². The van der Waals surface area contributed by atoms with Gasteiger partial charge in [0.05, 0.1) is 18.8 Å². The van der Waals surface area contributed by atoms with Crippen LogP contribution in [-0.2, 0) is 14.3 Å². The van der Waals surface area contributed by atoms with E-state index in [-0.39, 0.29) is 24.0 Å². The number of halogens is 2. The maximum atomic E-state index is 13.5. The number of fused-ring (bicyclic) bond motifs is 1. The van der Waals surface area contributed by atoms with Crippen LogP contribution in [0.15, 0.2) is 18.2 Å². The lowest BCUT2D eigenvalue weighted by Crippen LogP contribution is -2.48. The van der Waals surface area contributed by atoms with Crippen LogP contribution in [0.1, 0.15) is 43.8 Å². The van der Waals surface area contributed by atoms with Gasteiger partial charge < -0.3 is 14.8 Å². The number of carbonyl (C=O) groups is 1. The number of amides is 1. The Balaban J connectivity index is 1.74. The predicted octanol–water partition coefficient (Wildman–Crippen LogP) is 3.12. The SMILES string of the molecule is COCCC(=O)N[C@@H]1C[C@H](c2cc(F)cc(F)c2)O[C@@H]2CCC[C@@H]12. The summed E-state index contributed by atoms with van der Waals surface area (Å²) >= 11 is 0. The Hall–Kier alpha value is -1.53. The molecule has 1 saturated heterocycles. The van der Waals surface area contributed by atoms with Crippen molar-refractivity contribution in [1.29, 1.82) is 0 Å². The Kier molecular flexibility index (Phi) is 5.46. The van der Waals surface area contributed by atoms with Crippen LogP contribution in [0.2, 0.25) is 0 Å². The maximum Gasteiger partial charge on any atom is 0.222 e. The van der Waals surface area contributed by atoms with Gasteiger partial charge in [0.15, 0.2) is 0 Å². The molecule has 1 N–H and O–H groups in total. The van der Waals surface area contributed by atoms with Crippen LogP contribution in [0.25, 0.3) is 0 Å². The molecule has 1 heterocycles. The van der Waals surface area contributed by atoms with Crippen molar-refractivity contribution in [1.82, 2.24) is 5.32 Å². The average Bonchev–Trinajstić information content (AvgIpc) is 3.00. The molecule has 2 aliphatic rings. The standard InChI is InChI=1S/C18H23F2NO3/c1-23-6-5-18(22)21-15-10-17(24-16-4-2-3-14(15)16)11-7-12(19)9-13(20)8-11/h7-9,14-17H,2-6,10H2,1H3,(H,21,22)/t14-,15+,16+,17+/m0/s1. The van der Waals surface area contributed by atoms with E-state index in [4.69, 9.17) is 9.47 Å². The summed E-state index contributed by atoms with van der Waals surface area (Å²) in [6, 6.07) is 3.45. The molecule has 132 valence electrons. The zero-order valence-electron chi connectivity index (χ0n) is 13.8. The maximum absolute atomic E-state index is 13.5. The molecule has 4 nitrogen and oxygen atoms in total. The molecule has 0 spiro atoms. The van der Waals surface area contributed by atoms with Gasteiger partial charge in [0.2, 0.25) is 5.91 Å². The quantitative estimate of drug-likeness (QED) is 0.897. The molecule has 0 bridgehead atoms. The largest absolute Gasteiger partial charge is 0.384 e. The first kappa shape index (κ1) is 17.3. The fourth-order valence-corrected chi connectivity index (χ4v) is 3.87. The molecule has 0 aromatic heterocycles. The molecule has 2 fully saturated rings. The third-order valence-corrected chi connectivity index (χ3v) is 4.96. The Morgan fingerprint density at radius 3 is 2.75 bits per heavy atom. The summed E-state index contributed by atoms with van der Waals surface area (Å²) in [5.74, 6) is -1.00. The summed E-state index contributed by atoms with van der Waals surface area (Å²) in [7, 11) is 1.56. The van der Waals surface area contributed by atoms with Crippen molar-refractivity contribution in [3.63, 3.8) is 0 Å². The smallest absolute Gasteiger partial charge is 0.222 e. The zero-order chi connectivity index (χ0) is 17.1. The number of methoxy groups -OCH3 is 1. The summed E-state index contributed by atoms with van der Waals surface area (Å²) in [6.45, 7) is 0.377. The van der Waals surface area contributed by atoms with E-state index >= 15 is 0 Å². The fourth-order valence-electron chi connectivity index (χ4n) is 3.87. The minimum absolute atomic E-state index is 0.0304. The van der Waals surface area contributed by atoms with Gasteiger partial charge in [-0.1, -0.05) is 6.42 Å². The van der Waals surface area contributed by atoms with Gasteiger partial charge in [-0.3, -0.25) is 4.79 Å². The van der Waals surface area contributed by atoms with Crippen molar-refractivity contribution in [2.75, 3.05) is 13.7 Å². The molecule has 0 radical (unpaired) electrons. The van der Waals surface area contributed by atoms with Crippen molar-refractivity contribution in [2.45, 2.75) is 50.4 Å². The first-order chi connectivity index (χ1) is 11.6. The lowest BCUT2D eigenvalue weighted by atomic mass is 9.86. The lowest BCUT2D eigenvalue weighted by molar-refractivity contribution is -0.127. The summed E-state index contributed by atoms with van der Waals surface area (Å²) in [4.78, 5) is 12.1. The van der Waals surface area contributed by atoms with Crippen molar-refractivity contribution in [2.24, 2.45) is 5.92 Å². The number of hydrogen-bond acceptors (Lipinski definition) is 3. The van der Waals surface area contributed by atoms with Gasteiger partial charge in [0, 0.05) is 31.6 Å². The lowest BCUT2D eigenvalue weighted by Gasteiger charge is -2.39. The van der Waals surface area contributed by atoms with E-state index in [0.717, 1.165) is 25.3 Å². The zero-order valence-corrected chi connectivity index (χ0v) is 13.8. The minimum Gasteiger partial charge on any atom is -0.384 e. The number of carbonyl (C=O) groups excluding carboxylic acids is 1. The van der Waals surface area contributed by atoms with Gasteiger partial charge in [0.25, 0.3) is 0 Å². The van der Waals surface area contributed by atoms with Crippen LogP contribution in [0, 0.1) is 17.6 Å². The van der Waals surface area contributed by atoms with E-state index in [1.165, 1.54) is 12.1 Å². The highest BCUT2D eigenvalue weighted by molar-refractivity contribution is 5.76. The van der Waals surface area contributed by atoms with Gasteiger partial charge in [-0.2, -0.15) is 0 Å². The number of rotatable bonds is 5. The van der Waals surface area contributed by atoms with Crippen LogP contribution in [0.3, 0.4) is 0 Å². The van der Waals surface area contributed by atoms with E-state index in [9.17, 15) is 13.6 Å². The van der Waals surface area contributed by atoms with E-state index < -0.39 is 17.7 Å². The number of hydrogen-bond donors (Lipinski definition) is 1. The molecule has 1 saturated carbocycles. The average molecular weight is 339 g/mol. The number of nitrogens with one attached hydrogen (secondary N) is 1. The van der Waals surface area contributed by atoms with Gasteiger partial charge in [-0.15, -0.1) is 0 Å². The highest BCUT2D eigenvalue weighted by Crippen LogP contribution is 2.42. The highest BCUT2D eigenvalue weighted by atomic mass is 19.1. The third kappa shape index (κ3) is 3.92. The van der Waals surface area contributed by atoms with Crippen LogP contribution < -0.4 is 5.32 Å². The van der Waals surface area contributed by atoms with Gasteiger partial charge in [-0.05, 0) is 37.0 Å². The predicted molar refractivity (Wildman–Crippen MR) is 84.4 cm³/mol. The molecule has 6 heteroatoms. The van der Waals surface area contributed by atoms with Crippen molar-refractivity contribution in [3.8, 4) is 0 Å². The van der Waals surface area contributed by atoms with Crippen LogP contribution in [0.4, 0.5) is 8.78 Å².